The summed E-state index contributed by atoms with van der Waals surface area (Å²) in [5, 5.41) is 8.41. The number of halogens is 1. The first kappa shape index (κ1) is 13.1. The summed E-state index contributed by atoms with van der Waals surface area (Å²) in [7, 11) is 0. The first-order valence-electron chi connectivity index (χ1n) is 6.59. The second-order valence-electron chi connectivity index (χ2n) is 4.60. The normalized spacial score (nSPS) is 11.3. The standard InChI is InChI=1S/C14H16ClN5/c1-3-16-8-12-14(20-9-11(15)10(2)18-20)17-13-6-4-5-7-19(12)13/h4-7,9,16H,3,8H2,1-2H3. The zero-order valence-corrected chi connectivity index (χ0v) is 12.2. The highest BCUT2D eigenvalue weighted by molar-refractivity contribution is 6.31. The summed E-state index contributed by atoms with van der Waals surface area (Å²) in [5.74, 6) is 0.812. The number of nitrogens with zero attached hydrogens (tertiary/aromatic N) is 4. The smallest absolute Gasteiger partial charge is 0.176 e. The highest BCUT2D eigenvalue weighted by Gasteiger charge is 2.15. The maximum atomic E-state index is 6.10. The van der Waals surface area contributed by atoms with E-state index in [2.05, 4.69) is 26.7 Å². The molecule has 0 fully saturated rings. The van der Waals surface area contributed by atoms with Crippen molar-refractivity contribution in [1.29, 1.82) is 0 Å². The molecular formula is C14H16ClN5. The fourth-order valence-corrected chi connectivity index (χ4v) is 2.30. The average Bonchev–Trinajstić information content (AvgIpc) is 2.98. The number of hydrogen-bond acceptors (Lipinski definition) is 3. The predicted molar refractivity (Wildman–Crippen MR) is 79.4 cm³/mol. The van der Waals surface area contributed by atoms with E-state index in [-0.39, 0.29) is 0 Å². The number of fused-ring (bicyclic) bond motifs is 1. The molecule has 104 valence electrons. The predicted octanol–water partition coefficient (Wildman–Crippen LogP) is 2.59. The van der Waals surface area contributed by atoms with Gasteiger partial charge in [0, 0.05) is 12.7 Å². The van der Waals surface area contributed by atoms with Crippen molar-refractivity contribution in [2.24, 2.45) is 0 Å². The molecule has 1 N–H and O–H groups in total. The van der Waals surface area contributed by atoms with Crippen LogP contribution in [0.5, 0.6) is 0 Å². The van der Waals surface area contributed by atoms with Gasteiger partial charge in [-0.05, 0) is 25.6 Å². The number of hydrogen-bond donors (Lipinski definition) is 1. The molecular weight excluding hydrogens is 274 g/mol. The second-order valence-corrected chi connectivity index (χ2v) is 5.01. The van der Waals surface area contributed by atoms with Crippen molar-refractivity contribution < 1.29 is 0 Å². The van der Waals surface area contributed by atoms with Crippen molar-refractivity contribution in [3.63, 3.8) is 0 Å². The van der Waals surface area contributed by atoms with Gasteiger partial charge in [0.2, 0.25) is 0 Å². The molecule has 0 aliphatic rings. The third kappa shape index (κ3) is 2.19. The van der Waals surface area contributed by atoms with E-state index in [4.69, 9.17) is 11.6 Å². The van der Waals surface area contributed by atoms with E-state index < -0.39 is 0 Å². The van der Waals surface area contributed by atoms with Gasteiger partial charge in [-0.1, -0.05) is 24.6 Å². The molecule has 0 spiro atoms. The Bertz CT molecular complexity index is 724. The molecule has 0 aliphatic heterocycles. The molecule has 20 heavy (non-hydrogen) atoms. The van der Waals surface area contributed by atoms with Crippen LogP contribution in [0.25, 0.3) is 11.5 Å². The zero-order chi connectivity index (χ0) is 14.1. The maximum Gasteiger partial charge on any atom is 0.176 e. The molecule has 0 aromatic carbocycles. The van der Waals surface area contributed by atoms with Crippen LogP contribution in [0.4, 0.5) is 0 Å². The van der Waals surface area contributed by atoms with E-state index in [1.54, 1.807) is 10.9 Å². The molecule has 0 saturated carbocycles. The van der Waals surface area contributed by atoms with E-state index in [0.717, 1.165) is 35.9 Å². The molecule has 5 nitrogen and oxygen atoms in total. The van der Waals surface area contributed by atoms with E-state index in [1.807, 2.05) is 31.3 Å². The van der Waals surface area contributed by atoms with Crippen molar-refractivity contribution in [3.8, 4) is 5.82 Å². The Kier molecular flexibility index (Phi) is 3.46. The molecule has 0 radical (unpaired) electrons. The lowest BCUT2D eigenvalue weighted by Gasteiger charge is -2.05. The minimum Gasteiger partial charge on any atom is -0.311 e. The summed E-state index contributed by atoms with van der Waals surface area (Å²) in [4.78, 5) is 4.66. The number of imidazole rings is 1. The zero-order valence-electron chi connectivity index (χ0n) is 11.5. The Hall–Kier alpha value is -1.85. The summed E-state index contributed by atoms with van der Waals surface area (Å²) >= 11 is 6.10. The molecule has 0 saturated heterocycles. The van der Waals surface area contributed by atoms with Crippen LogP contribution in [0.3, 0.4) is 0 Å². The van der Waals surface area contributed by atoms with Crippen molar-refractivity contribution in [2.45, 2.75) is 20.4 Å². The number of aromatic nitrogens is 4. The van der Waals surface area contributed by atoms with Gasteiger partial charge < -0.3 is 9.72 Å². The van der Waals surface area contributed by atoms with Crippen molar-refractivity contribution >= 4 is 17.2 Å². The minimum absolute atomic E-state index is 0.649. The molecule has 0 amide bonds. The Labute approximate surface area is 122 Å². The fourth-order valence-electron chi connectivity index (χ4n) is 2.17. The SMILES string of the molecule is CCNCc1c(-n2cc(Cl)c(C)n2)nc2ccccn12. The Balaban J connectivity index is 2.17. The number of aryl methyl sites for hydroxylation is 1. The highest BCUT2D eigenvalue weighted by atomic mass is 35.5. The minimum atomic E-state index is 0.649. The van der Waals surface area contributed by atoms with Crippen LogP contribution >= 0.6 is 11.6 Å². The molecule has 0 aliphatic carbocycles. The second kappa shape index (κ2) is 5.26. The number of nitrogens with one attached hydrogen (secondary N) is 1. The van der Waals surface area contributed by atoms with Gasteiger partial charge in [-0.25, -0.2) is 9.67 Å². The van der Waals surface area contributed by atoms with Crippen LogP contribution in [0.1, 0.15) is 18.3 Å². The fraction of sp³-hybridized carbons (Fsp3) is 0.286. The molecule has 6 heteroatoms. The molecule has 0 atom stereocenters. The summed E-state index contributed by atoms with van der Waals surface area (Å²) in [6, 6.07) is 5.95. The average molecular weight is 290 g/mol. The third-order valence-electron chi connectivity index (χ3n) is 3.21. The van der Waals surface area contributed by atoms with Crippen LogP contribution in [-0.2, 0) is 6.54 Å². The van der Waals surface area contributed by atoms with E-state index in [0.29, 0.717) is 5.02 Å². The summed E-state index contributed by atoms with van der Waals surface area (Å²) in [5.41, 5.74) is 2.78. The van der Waals surface area contributed by atoms with Crippen LogP contribution in [0.15, 0.2) is 30.6 Å². The maximum absolute atomic E-state index is 6.10. The van der Waals surface area contributed by atoms with Gasteiger partial charge in [0.05, 0.1) is 22.6 Å². The van der Waals surface area contributed by atoms with Gasteiger partial charge in [-0.2, -0.15) is 5.10 Å². The van der Waals surface area contributed by atoms with Gasteiger partial charge in [-0.3, -0.25) is 0 Å². The summed E-state index contributed by atoms with van der Waals surface area (Å²) in [6.45, 7) is 5.60. The van der Waals surface area contributed by atoms with Crippen LogP contribution in [0.2, 0.25) is 5.02 Å². The van der Waals surface area contributed by atoms with Gasteiger partial charge >= 0.3 is 0 Å². The van der Waals surface area contributed by atoms with Gasteiger partial charge in [0.1, 0.15) is 5.65 Å². The molecule has 3 aromatic rings. The topological polar surface area (TPSA) is 47.2 Å². The Morgan fingerprint density at radius 2 is 2.20 bits per heavy atom. The molecule has 3 rings (SSSR count). The van der Waals surface area contributed by atoms with Gasteiger partial charge in [-0.15, -0.1) is 0 Å². The number of pyridine rings is 1. The lowest BCUT2D eigenvalue weighted by Crippen LogP contribution is -2.15. The van der Waals surface area contributed by atoms with E-state index in [1.165, 1.54) is 0 Å². The van der Waals surface area contributed by atoms with Gasteiger partial charge in [0.15, 0.2) is 5.82 Å². The first-order valence-corrected chi connectivity index (χ1v) is 6.97. The molecule has 0 unspecified atom stereocenters. The van der Waals surface area contributed by atoms with Crippen molar-refractivity contribution in [1.82, 2.24) is 24.5 Å². The van der Waals surface area contributed by atoms with Crippen molar-refractivity contribution in [2.75, 3.05) is 6.54 Å². The number of rotatable bonds is 4. The first-order chi connectivity index (χ1) is 9.70. The summed E-state index contributed by atoms with van der Waals surface area (Å²) < 4.78 is 3.82. The third-order valence-corrected chi connectivity index (χ3v) is 3.58. The summed E-state index contributed by atoms with van der Waals surface area (Å²) in [6.07, 6.45) is 3.81. The van der Waals surface area contributed by atoms with Crippen LogP contribution in [0, 0.1) is 6.92 Å². The van der Waals surface area contributed by atoms with Crippen LogP contribution < -0.4 is 5.32 Å². The highest BCUT2D eigenvalue weighted by Crippen LogP contribution is 2.20. The largest absolute Gasteiger partial charge is 0.311 e. The lowest BCUT2D eigenvalue weighted by atomic mass is 10.4. The van der Waals surface area contributed by atoms with Crippen LogP contribution in [-0.4, -0.2) is 25.7 Å². The monoisotopic (exact) mass is 289 g/mol. The van der Waals surface area contributed by atoms with Crippen molar-refractivity contribution in [3.05, 3.63) is 47.0 Å². The Morgan fingerprint density at radius 1 is 1.35 bits per heavy atom. The van der Waals surface area contributed by atoms with E-state index in [9.17, 15) is 0 Å². The molecule has 0 bridgehead atoms. The van der Waals surface area contributed by atoms with E-state index >= 15 is 0 Å². The lowest BCUT2D eigenvalue weighted by molar-refractivity contribution is 0.693. The molecule has 3 heterocycles. The Morgan fingerprint density at radius 3 is 2.90 bits per heavy atom. The quantitative estimate of drug-likeness (QED) is 0.803. The van der Waals surface area contributed by atoms with Gasteiger partial charge in [0.25, 0.3) is 0 Å². The molecule has 3 aromatic heterocycles.